The number of carboxylic acid groups (broad SMARTS) is 1. The number of aliphatic carboxylic acids is 1. The standard InChI is InChI=1S/C20H34O2/c1-2-3-4-5-6-7-8-9-10-11-12-13-14-15-16-17-18-19-20(21)22/h6-7,10-11,15-16H,2-5,8-9,12-14,17-19H2,1H3,(H,21,22). The van der Waals surface area contributed by atoms with Crippen LogP contribution in [0.25, 0.3) is 0 Å². The Morgan fingerprint density at radius 1 is 0.682 bits per heavy atom. The van der Waals surface area contributed by atoms with Gasteiger partial charge in [0.2, 0.25) is 0 Å². The average Bonchev–Trinajstić information content (AvgIpc) is 2.50. The average molecular weight is 306 g/mol. The molecular formula is C20H34O2. The van der Waals surface area contributed by atoms with Crippen LogP contribution in [0.15, 0.2) is 36.5 Å². The summed E-state index contributed by atoms with van der Waals surface area (Å²) >= 11 is 0. The molecule has 0 atom stereocenters. The van der Waals surface area contributed by atoms with E-state index in [1.165, 1.54) is 32.1 Å². The van der Waals surface area contributed by atoms with E-state index >= 15 is 0 Å². The van der Waals surface area contributed by atoms with Crippen molar-refractivity contribution < 1.29 is 9.90 Å². The topological polar surface area (TPSA) is 37.3 Å². The number of carbonyl (C=O) groups is 1. The summed E-state index contributed by atoms with van der Waals surface area (Å²) in [5.74, 6) is -0.700. The highest BCUT2D eigenvalue weighted by molar-refractivity contribution is 5.66. The molecule has 126 valence electrons. The smallest absolute Gasteiger partial charge is 0.303 e. The van der Waals surface area contributed by atoms with E-state index in [1.807, 2.05) is 0 Å². The molecule has 0 saturated heterocycles. The van der Waals surface area contributed by atoms with Crippen molar-refractivity contribution in [1.82, 2.24) is 0 Å². The second-order valence-electron chi connectivity index (χ2n) is 5.70. The van der Waals surface area contributed by atoms with E-state index in [-0.39, 0.29) is 6.42 Å². The molecule has 0 saturated carbocycles. The summed E-state index contributed by atoms with van der Waals surface area (Å²) in [4.78, 5) is 10.3. The van der Waals surface area contributed by atoms with Crippen LogP contribution >= 0.6 is 0 Å². The van der Waals surface area contributed by atoms with Gasteiger partial charge in [0, 0.05) is 6.42 Å². The minimum absolute atomic E-state index is 0.278. The highest BCUT2D eigenvalue weighted by atomic mass is 16.4. The molecule has 0 spiro atoms. The van der Waals surface area contributed by atoms with Crippen molar-refractivity contribution in [3.8, 4) is 0 Å². The zero-order valence-electron chi connectivity index (χ0n) is 14.3. The lowest BCUT2D eigenvalue weighted by molar-refractivity contribution is -0.137. The van der Waals surface area contributed by atoms with Crippen LogP contribution in [0.2, 0.25) is 0 Å². The van der Waals surface area contributed by atoms with Gasteiger partial charge in [-0.2, -0.15) is 0 Å². The molecule has 0 aliphatic carbocycles. The third-order valence-corrected chi connectivity index (χ3v) is 3.48. The Morgan fingerprint density at radius 3 is 1.64 bits per heavy atom. The SMILES string of the molecule is CCCCCC=CCCC=CCCCC=CCCCC(=O)O. The first-order chi connectivity index (χ1) is 10.8. The van der Waals surface area contributed by atoms with Gasteiger partial charge in [-0.25, -0.2) is 0 Å². The zero-order chi connectivity index (χ0) is 16.3. The molecule has 0 radical (unpaired) electrons. The number of allylic oxidation sites excluding steroid dienone is 6. The molecule has 0 fully saturated rings. The molecule has 2 nitrogen and oxygen atoms in total. The molecule has 0 aliphatic heterocycles. The van der Waals surface area contributed by atoms with Crippen molar-refractivity contribution in [2.24, 2.45) is 0 Å². The lowest BCUT2D eigenvalue weighted by Gasteiger charge is -1.93. The Morgan fingerprint density at radius 2 is 1.14 bits per heavy atom. The van der Waals surface area contributed by atoms with Crippen LogP contribution in [-0.2, 0) is 4.79 Å². The molecule has 0 amide bonds. The third-order valence-electron chi connectivity index (χ3n) is 3.48. The fourth-order valence-corrected chi connectivity index (χ4v) is 2.14. The number of unbranched alkanes of at least 4 members (excludes halogenated alkanes) is 7. The van der Waals surface area contributed by atoms with Gasteiger partial charge in [0.1, 0.15) is 0 Å². The molecular weight excluding hydrogens is 272 g/mol. The van der Waals surface area contributed by atoms with Gasteiger partial charge in [-0.1, -0.05) is 56.2 Å². The largest absolute Gasteiger partial charge is 0.481 e. The number of hydrogen-bond donors (Lipinski definition) is 1. The van der Waals surface area contributed by atoms with Gasteiger partial charge in [0.05, 0.1) is 0 Å². The Hall–Kier alpha value is -1.31. The minimum atomic E-state index is -0.700. The Kier molecular flexibility index (Phi) is 16.7. The first-order valence-corrected chi connectivity index (χ1v) is 8.94. The van der Waals surface area contributed by atoms with E-state index in [1.54, 1.807) is 0 Å². The van der Waals surface area contributed by atoms with Crippen molar-refractivity contribution in [2.45, 2.75) is 84.0 Å². The van der Waals surface area contributed by atoms with E-state index in [9.17, 15) is 4.79 Å². The predicted octanol–water partition coefficient (Wildman–Crippen LogP) is 6.44. The zero-order valence-corrected chi connectivity index (χ0v) is 14.3. The summed E-state index contributed by atoms with van der Waals surface area (Å²) in [6.07, 6.45) is 26.3. The summed E-state index contributed by atoms with van der Waals surface area (Å²) in [7, 11) is 0. The molecule has 0 unspecified atom stereocenters. The second kappa shape index (κ2) is 17.7. The normalized spacial score (nSPS) is 12.0. The number of hydrogen-bond acceptors (Lipinski definition) is 1. The molecule has 0 bridgehead atoms. The highest BCUT2D eigenvalue weighted by Crippen LogP contribution is 2.04. The van der Waals surface area contributed by atoms with Crippen molar-refractivity contribution in [3.05, 3.63) is 36.5 Å². The van der Waals surface area contributed by atoms with E-state index in [0.29, 0.717) is 0 Å². The summed E-state index contributed by atoms with van der Waals surface area (Å²) in [6.45, 7) is 2.24. The minimum Gasteiger partial charge on any atom is -0.481 e. The van der Waals surface area contributed by atoms with Crippen molar-refractivity contribution >= 4 is 5.97 Å². The Balaban J connectivity index is 3.27. The monoisotopic (exact) mass is 306 g/mol. The first-order valence-electron chi connectivity index (χ1n) is 8.94. The lowest BCUT2D eigenvalue weighted by atomic mass is 10.1. The van der Waals surface area contributed by atoms with E-state index < -0.39 is 5.97 Å². The summed E-state index contributed by atoms with van der Waals surface area (Å²) < 4.78 is 0. The molecule has 0 rings (SSSR count). The van der Waals surface area contributed by atoms with Gasteiger partial charge < -0.3 is 5.11 Å². The van der Waals surface area contributed by atoms with Crippen molar-refractivity contribution in [3.63, 3.8) is 0 Å². The maximum absolute atomic E-state index is 10.3. The molecule has 2 heteroatoms. The van der Waals surface area contributed by atoms with E-state index in [0.717, 1.165) is 38.5 Å². The van der Waals surface area contributed by atoms with Gasteiger partial charge in [0.15, 0.2) is 0 Å². The summed E-state index contributed by atoms with van der Waals surface area (Å²) in [5, 5.41) is 8.50. The van der Waals surface area contributed by atoms with Gasteiger partial charge >= 0.3 is 5.97 Å². The second-order valence-corrected chi connectivity index (χ2v) is 5.70. The maximum atomic E-state index is 10.3. The van der Waals surface area contributed by atoms with Crippen LogP contribution in [0.3, 0.4) is 0 Å². The molecule has 22 heavy (non-hydrogen) atoms. The van der Waals surface area contributed by atoms with Crippen LogP contribution in [0.5, 0.6) is 0 Å². The number of carboxylic acids is 1. The quantitative estimate of drug-likeness (QED) is 0.279. The molecule has 0 heterocycles. The van der Waals surface area contributed by atoms with Crippen LogP contribution in [0.1, 0.15) is 84.0 Å². The van der Waals surface area contributed by atoms with Crippen LogP contribution in [-0.4, -0.2) is 11.1 Å². The van der Waals surface area contributed by atoms with E-state index in [4.69, 9.17) is 5.11 Å². The molecule has 0 aromatic rings. The van der Waals surface area contributed by atoms with Crippen LogP contribution in [0, 0.1) is 0 Å². The molecule has 1 N–H and O–H groups in total. The van der Waals surface area contributed by atoms with Crippen LogP contribution in [0.4, 0.5) is 0 Å². The molecule has 0 aromatic carbocycles. The van der Waals surface area contributed by atoms with Crippen molar-refractivity contribution in [2.75, 3.05) is 0 Å². The fraction of sp³-hybridized carbons (Fsp3) is 0.650. The lowest BCUT2D eigenvalue weighted by Crippen LogP contribution is -1.92. The molecule has 0 aromatic heterocycles. The molecule has 0 aliphatic rings. The highest BCUT2D eigenvalue weighted by Gasteiger charge is 1.92. The first kappa shape index (κ1) is 20.7. The fourth-order valence-electron chi connectivity index (χ4n) is 2.14. The van der Waals surface area contributed by atoms with Gasteiger partial charge in [-0.3, -0.25) is 4.79 Å². The van der Waals surface area contributed by atoms with Gasteiger partial charge in [0.25, 0.3) is 0 Å². The Bertz CT molecular complexity index is 327. The predicted molar refractivity (Wildman–Crippen MR) is 96.1 cm³/mol. The summed E-state index contributed by atoms with van der Waals surface area (Å²) in [6, 6.07) is 0. The Labute approximate surface area is 137 Å². The number of rotatable bonds is 15. The summed E-state index contributed by atoms with van der Waals surface area (Å²) in [5.41, 5.74) is 0. The van der Waals surface area contributed by atoms with Gasteiger partial charge in [-0.15, -0.1) is 0 Å². The van der Waals surface area contributed by atoms with Crippen LogP contribution < -0.4 is 0 Å². The van der Waals surface area contributed by atoms with E-state index in [2.05, 4.69) is 43.4 Å². The maximum Gasteiger partial charge on any atom is 0.303 e. The third kappa shape index (κ3) is 18.7. The van der Waals surface area contributed by atoms with Crippen molar-refractivity contribution in [1.29, 1.82) is 0 Å². The van der Waals surface area contributed by atoms with Gasteiger partial charge in [-0.05, 0) is 57.8 Å².